The number of nitrogens with zero attached hydrogens (tertiary/aromatic N) is 1. The highest BCUT2D eigenvalue weighted by molar-refractivity contribution is 7.65. The highest BCUT2D eigenvalue weighted by atomic mass is 35.5. The summed E-state index contributed by atoms with van der Waals surface area (Å²) in [4.78, 5) is 97.3. The lowest BCUT2D eigenvalue weighted by atomic mass is 9.91. The Morgan fingerprint density at radius 3 is 1.58 bits per heavy atom. The molecule has 1 heterocycles. The van der Waals surface area contributed by atoms with Crippen molar-refractivity contribution in [2.45, 2.75) is 85.0 Å². The number of fused-ring (bicyclic) bond motifs is 1. The molecule has 0 spiro atoms. The number of hydrogen-bond acceptors (Lipinski definition) is 23. The van der Waals surface area contributed by atoms with Gasteiger partial charge >= 0.3 is 19.6 Å². The lowest BCUT2D eigenvalue weighted by Gasteiger charge is -2.35. The average molecular weight is 1660 g/mol. The second kappa shape index (κ2) is 55.7. The van der Waals surface area contributed by atoms with Gasteiger partial charge in [0.2, 0.25) is 11.8 Å². The van der Waals surface area contributed by atoms with Crippen LogP contribution in [0.15, 0.2) is 131 Å². The average Bonchev–Trinajstić information content (AvgIpc) is 0.759. The smallest absolute Gasteiger partial charge is 0.407 e. The predicted molar refractivity (Wildman–Crippen MR) is 438 cm³/mol. The first-order valence-electron chi connectivity index (χ1n) is 38.9. The van der Waals surface area contributed by atoms with Crippen LogP contribution in [0, 0.1) is 30.8 Å². The summed E-state index contributed by atoms with van der Waals surface area (Å²) in [6.07, 6.45) is 5.74. The highest BCUT2D eigenvalue weighted by Crippen LogP contribution is 2.45. The minimum Gasteiger partial charge on any atom is -0.458 e. The number of ether oxygens (including phenoxy) is 12. The van der Waals surface area contributed by atoms with E-state index in [1.165, 1.54) is 24.3 Å². The number of halogens is 1. The van der Waals surface area contributed by atoms with Gasteiger partial charge in [-0.25, -0.2) is 9.59 Å². The van der Waals surface area contributed by atoms with E-state index in [0.29, 0.717) is 176 Å². The third-order valence-corrected chi connectivity index (χ3v) is 19.0. The largest absolute Gasteiger partial charge is 0.458 e. The van der Waals surface area contributed by atoms with Gasteiger partial charge in [0.15, 0.2) is 5.43 Å². The van der Waals surface area contributed by atoms with Crippen molar-refractivity contribution in [1.82, 2.24) is 26.2 Å². The molecule has 0 aliphatic carbocycles. The van der Waals surface area contributed by atoms with Gasteiger partial charge in [0.25, 0.3) is 11.8 Å². The molecule has 0 bridgehead atoms. The topological polar surface area (TPSA) is 391 Å². The molecular weight excluding hydrogens is 1540 g/mol. The van der Waals surface area contributed by atoms with Gasteiger partial charge in [-0.15, -0.1) is 6.42 Å². The number of aliphatic hydroxyl groups excluding tert-OH is 1. The fourth-order valence-electron chi connectivity index (χ4n) is 11.4. The summed E-state index contributed by atoms with van der Waals surface area (Å²) in [5.41, 5.74) is 11.6. The molecule has 31 nitrogen and oxygen atoms in total. The molecule has 0 aliphatic rings. The van der Waals surface area contributed by atoms with E-state index >= 15 is 0 Å². The normalized spacial score (nSPS) is 12.7. The maximum Gasteiger partial charge on any atom is 0.407 e. The number of nitrogens with one attached hydrogen (secondary N) is 6. The second-order valence-corrected chi connectivity index (χ2v) is 29.3. The van der Waals surface area contributed by atoms with E-state index in [-0.39, 0.29) is 107 Å². The van der Waals surface area contributed by atoms with E-state index < -0.39 is 61.4 Å². The van der Waals surface area contributed by atoms with E-state index in [1.807, 2.05) is 63.2 Å². The van der Waals surface area contributed by atoms with Gasteiger partial charge < -0.3 is 113 Å². The molecule has 0 radical (unpaired) electrons. The third-order valence-electron chi connectivity index (χ3n) is 17.3. The van der Waals surface area contributed by atoms with Crippen molar-refractivity contribution in [3.63, 3.8) is 0 Å². The molecule has 636 valence electrons. The number of nitrogens with two attached hydrogens (primary N) is 1. The fourth-order valence-corrected chi connectivity index (χ4v) is 12.6. The molecule has 9 N–H and O–H groups in total. The van der Waals surface area contributed by atoms with Crippen LogP contribution in [-0.4, -0.2) is 236 Å². The molecular formula is C83H114ClN8O23P. The molecule has 116 heavy (non-hydrogen) atoms. The highest BCUT2D eigenvalue weighted by Gasteiger charge is 2.35. The Bertz CT molecular complexity index is 4030. The molecule has 6 aromatic rings. The molecule has 4 atom stereocenters. The lowest BCUT2D eigenvalue weighted by Crippen LogP contribution is -2.54. The van der Waals surface area contributed by atoms with E-state index in [2.05, 4.69) is 37.3 Å². The number of aliphatic hydroxyl groups is 1. The van der Waals surface area contributed by atoms with Crippen molar-refractivity contribution in [2.75, 3.05) is 189 Å². The van der Waals surface area contributed by atoms with Crippen molar-refractivity contribution < 1.29 is 104 Å². The summed E-state index contributed by atoms with van der Waals surface area (Å²) in [5.74, 6) is -2.56. The molecule has 0 saturated carbocycles. The Morgan fingerprint density at radius 2 is 1.08 bits per heavy atom. The summed E-state index contributed by atoms with van der Waals surface area (Å²) in [6.45, 7) is 18.0. The number of aryl methyl sites for hydroxylation is 1. The van der Waals surface area contributed by atoms with Gasteiger partial charge in [-0.1, -0.05) is 99.5 Å². The summed E-state index contributed by atoms with van der Waals surface area (Å²) >= 11 is 6.43. The maximum absolute atomic E-state index is 14.7. The van der Waals surface area contributed by atoms with Crippen LogP contribution in [0.25, 0.3) is 11.0 Å². The van der Waals surface area contributed by atoms with Crippen molar-refractivity contribution >= 4 is 77.2 Å². The zero-order valence-electron chi connectivity index (χ0n) is 66.9. The third kappa shape index (κ3) is 37.1. The number of anilines is 2. The second-order valence-electron chi connectivity index (χ2n) is 27.0. The Hall–Kier alpha value is -8.91. The standard InChI is InChI=1S/C83H114ClN8O23P/c1-7-116(101,114-56-55-112-54-53-111-52-51-110-50-49-109-48-47-108-46-45-107-44-43-106-42-41-105-40-39-104-38-37-103-36-35-102-34-33-93)91-69-27-22-65(23-28-69)78(95)90-74(60(2)3)80(97)89-72(15-11-30-86-82(85)99)79(96)88-68-25-18-64(19-26-68)59-113-83(100)87-31-12-32-92(81(98)66-20-16-62(6)17-21-66)75(61(4)5)77-71(57-63-13-9-8-10-14-63)76(94)70-29-24-67(84)58-73(70)115-77/h1,8-10,13-14,16-29,58,60-61,72,74-75,93H,11-12,15,30-57,59H2,2-6H3,(H,87,100)(H,88,96)(H,89,97)(H,90,95)(H,91,101)(H3,85,86,99)/t72-,74-,75+,116?/m0/s1. The number of terminal acetylenes is 1. The van der Waals surface area contributed by atoms with Crippen LogP contribution in [0.4, 0.5) is 21.0 Å². The van der Waals surface area contributed by atoms with Crippen LogP contribution in [-0.2, 0) is 88.5 Å². The van der Waals surface area contributed by atoms with Crippen molar-refractivity contribution in [3.8, 4) is 12.1 Å². The number of alkyl carbamates (subject to hydrolysis) is 1. The van der Waals surface area contributed by atoms with Crippen molar-refractivity contribution in [1.29, 1.82) is 0 Å². The van der Waals surface area contributed by atoms with Gasteiger partial charge in [-0.2, -0.15) is 0 Å². The first kappa shape index (κ1) is 95.9. The zero-order valence-corrected chi connectivity index (χ0v) is 68.6. The summed E-state index contributed by atoms with van der Waals surface area (Å²) in [7, 11) is -3.86. The van der Waals surface area contributed by atoms with Crippen LogP contribution in [0.3, 0.4) is 0 Å². The number of carbonyl (C=O) groups is 6. The Morgan fingerprint density at radius 1 is 0.578 bits per heavy atom. The molecule has 6 rings (SSSR count). The number of benzene rings is 5. The molecule has 5 aromatic carbocycles. The Labute approximate surface area is 683 Å². The van der Waals surface area contributed by atoms with E-state index in [1.54, 1.807) is 73.3 Å². The van der Waals surface area contributed by atoms with E-state index in [0.717, 1.165) is 11.1 Å². The number of hydrogen-bond donors (Lipinski definition) is 8. The quantitative estimate of drug-likeness (QED) is 0.0100. The summed E-state index contributed by atoms with van der Waals surface area (Å²) in [5, 5.41) is 25.7. The fraction of sp³-hybridized carbons (Fsp3) is 0.506. The van der Waals surface area contributed by atoms with Gasteiger partial charge in [0.1, 0.15) is 30.0 Å². The van der Waals surface area contributed by atoms with Gasteiger partial charge in [-0.05, 0) is 110 Å². The summed E-state index contributed by atoms with van der Waals surface area (Å²) < 4.78 is 91.2. The van der Waals surface area contributed by atoms with E-state index in [9.17, 15) is 38.1 Å². The van der Waals surface area contributed by atoms with Gasteiger partial charge in [-0.3, -0.25) is 28.5 Å². The van der Waals surface area contributed by atoms with Crippen LogP contribution in [0.2, 0.25) is 5.02 Å². The van der Waals surface area contributed by atoms with Gasteiger partial charge in [0, 0.05) is 70.9 Å². The minimum absolute atomic E-state index is 0.00221. The molecule has 1 aromatic heterocycles. The van der Waals surface area contributed by atoms with Crippen LogP contribution < -0.4 is 42.8 Å². The van der Waals surface area contributed by atoms with Crippen LogP contribution in [0.1, 0.15) is 102 Å². The SMILES string of the molecule is C#CP(=O)(Nc1ccc(C(=O)N[C@H](C(=O)N[C@@H](CCCNC(N)=O)C(=O)Nc2ccc(COC(=O)NCCCN(C(=O)c3ccc(C)cc3)[C@@H](c3oc4cc(Cl)ccc4c(=O)c3Cc3ccccc3)C(C)C)cc2)C(C)C)cc1)OCCOCCOCCOCCOCCOCCOCCOCCOCCOCCOCCOCCO. The first-order chi connectivity index (χ1) is 56.2. The molecule has 7 amide bonds. The minimum atomic E-state index is -3.86. The number of carbonyl (C=O) groups excluding carboxylic acids is 6. The molecule has 0 saturated heterocycles. The number of amides is 7. The molecule has 33 heteroatoms. The van der Waals surface area contributed by atoms with Crippen LogP contribution in [0.5, 0.6) is 0 Å². The number of urea groups is 1. The molecule has 0 fully saturated rings. The zero-order chi connectivity index (χ0) is 83.6. The predicted octanol–water partition coefficient (Wildman–Crippen LogP) is 9.22. The maximum atomic E-state index is 14.7. The van der Waals surface area contributed by atoms with Crippen LogP contribution >= 0.6 is 19.1 Å². The monoisotopic (exact) mass is 1660 g/mol. The van der Waals surface area contributed by atoms with Gasteiger partial charge in [0.05, 0.1) is 170 Å². The van der Waals surface area contributed by atoms with E-state index in [4.69, 9.17) is 94.6 Å². The summed E-state index contributed by atoms with van der Waals surface area (Å²) in [6, 6.07) is 30.2. The Balaban J connectivity index is 0.854. The Kier molecular flexibility index (Phi) is 46.0. The number of rotatable bonds is 61. The van der Waals surface area contributed by atoms with Crippen molar-refractivity contribution in [3.05, 3.63) is 176 Å². The lowest BCUT2D eigenvalue weighted by molar-refractivity contribution is -0.128. The first-order valence-corrected chi connectivity index (χ1v) is 40.9. The molecule has 0 aliphatic heterocycles. The molecule has 1 unspecified atom stereocenters. The number of primary amides is 1. The van der Waals surface area contributed by atoms with Crippen molar-refractivity contribution in [2.24, 2.45) is 17.6 Å².